The van der Waals surface area contributed by atoms with Crippen molar-refractivity contribution in [2.24, 2.45) is 0 Å². The molecule has 2 amide bonds. The molecule has 0 atom stereocenters. The van der Waals surface area contributed by atoms with Crippen LogP contribution < -0.4 is 24.8 Å². The number of halogens is 3. The van der Waals surface area contributed by atoms with Crippen molar-refractivity contribution in [1.82, 2.24) is 10.6 Å². The van der Waals surface area contributed by atoms with Crippen LogP contribution in [0.1, 0.15) is 11.1 Å². The molecule has 2 aromatic rings. The van der Waals surface area contributed by atoms with E-state index in [1.54, 1.807) is 18.2 Å². The van der Waals surface area contributed by atoms with Crippen LogP contribution in [-0.2, 0) is 12.7 Å². The quantitative estimate of drug-likeness (QED) is 0.669. The van der Waals surface area contributed by atoms with Crippen molar-refractivity contribution in [2.75, 3.05) is 27.4 Å². The molecule has 0 aromatic heterocycles. The van der Waals surface area contributed by atoms with Crippen LogP contribution in [0, 0.1) is 11.8 Å². The Morgan fingerprint density at radius 2 is 1.77 bits per heavy atom. The highest BCUT2D eigenvalue weighted by atomic mass is 19.4. The van der Waals surface area contributed by atoms with Crippen LogP contribution in [0.25, 0.3) is 0 Å². The smallest absolute Gasteiger partial charge is 0.416 e. The highest BCUT2D eigenvalue weighted by molar-refractivity contribution is 5.74. The van der Waals surface area contributed by atoms with E-state index in [2.05, 4.69) is 22.5 Å². The van der Waals surface area contributed by atoms with E-state index in [1.807, 2.05) is 0 Å². The summed E-state index contributed by atoms with van der Waals surface area (Å²) in [5.41, 5.74) is 0.0316. The number of hydrogen-bond donors (Lipinski definition) is 2. The molecule has 0 aliphatic carbocycles. The zero-order valence-corrected chi connectivity index (χ0v) is 16.4. The molecule has 2 rings (SSSR count). The fourth-order valence-corrected chi connectivity index (χ4v) is 2.36. The van der Waals surface area contributed by atoms with Crippen molar-refractivity contribution < 1.29 is 32.2 Å². The van der Waals surface area contributed by atoms with Crippen molar-refractivity contribution in [3.05, 3.63) is 53.6 Å². The summed E-state index contributed by atoms with van der Waals surface area (Å²) in [6.45, 7) is 0.234. The van der Waals surface area contributed by atoms with Gasteiger partial charge in [0.15, 0.2) is 11.5 Å². The minimum Gasteiger partial charge on any atom is -0.493 e. The molecule has 2 aromatic carbocycles. The van der Waals surface area contributed by atoms with Crippen LogP contribution in [0.3, 0.4) is 0 Å². The van der Waals surface area contributed by atoms with Gasteiger partial charge in [-0.25, -0.2) is 4.79 Å². The van der Waals surface area contributed by atoms with E-state index in [1.165, 1.54) is 26.4 Å². The number of rotatable bonds is 7. The largest absolute Gasteiger partial charge is 0.493 e. The van der Waals surface area contributed by atoms with E-state index in [0.29, 0.717) is 11.5 Å². The third kappa shape index (κ3) is 7.13. The topological polar surface area (TPSA) is 68.8 Å². The van der Waals surface area contributed by atoms with Crippen LogP contribution in [-0.4, -0.2) is 33.4 Å². The van der Waals surface area contributed by atoms with Gasteiger partial charge in [-0.15, -0.1) is 0 Å². The lowest BCUT2D eigenvalue weighted by Crippen LogP contribution is -2.35. The second-order valence-corrected chi connectivity index (χ2v) is 5.89. The summed E-state index contributed by atoms with van der Waals surface area (Å²) in [6.07, 6.45) is -4.43. The first-order chi connectivity index (χ1) is 14.3. The average molecular weight is 422 g/mol. The van der Waals surface area contributed by atoms with E-state index in [-0.39, 0.29) is 25.4 Å². The highest BCUT2D eigenvalue weighted by Crippen LogP contribution is 2.31. The van der Waals surface area contributed by atoms with E-state index >= 15 is 0 Å². The van der Waals surface area contributed by atoms with Gasteiger partial charge in [-0.2, -0.15) is 13.2 Å². The number of urea groups is 1. The Kier molecular flexibility index (Phi) is 8.23. The number of nitrogens with one attached hydrogen (secondary N) is 2. The maximum absolute atomic E-state index is 12.6. The SMILES string of the molecule is COc1ccc(CNC(=O)NCC#CCOc2cccc(C(F)(F)F)c2)cc1OC. The van der Waals surface area contributed by atoms with Gasteiger partial charge in [0.25, 0.3) is 0 Å². The molecule has 6 nitrogen and oxygen atoms in total. The van der Waals surface area contributed by atoms with Gasteiger partial charge in [0.1, 0.15) is 12.4 Å². The predicted molar refractivity (Wildman–Crippen MR) is 104 cm³/mol. The van der Waals surface area contributed by atoms with Crippen LogP contribution >= 0.6 is 0 Å². The van der Waals surface area contributed by atoms with Crippen LogP contribution in [0.5, 0.6) is 17.2 Å². The highest BCUT2D eigenvalue weighted by Gasteiger charge is 2.30. The molecule has 0 bridgehead atoms. The van der Waals surface area contributed by atoms with Crippen LogP contribution in [0.2, 0.25) is 0 Å². The molecule has 0 aliphatic rings. The fraction of sp³-hybridized carbons (Fsp3) is 0.286. The lowest BCUT2D eigenvalue weighted by atomic mass is 10.2. The fourth-order valence-electron chi connectivity index (χ4n) is 2.36. The summed E-state index contributed by atoms with van der Waals surface area (Å²) < 4.78 is 53.4. The minimum absolute atomic E-state index is 0.0592. The summed E-state index contributed by atoms with van der Waals surface area (Å²) >= 11 is 0. The summed E-state index contributed by atoms with van der Waals surface area (Å²) in [5.74, 6) is 6.50. The van der Waals surface area contributed by atoms with Gasteiger partial charge < -0.3 is 24.8 Å². The summed E-state index contributed by atoms with van der Waals surface area (Å²) in [6, 6.07) is 9.41. The van der Waals surface area contributed by atoms with Gasteiger partial charge in [-0.1, -0.05) is 24.0 Å². The number of methoxy groups -OCH3 is 2. The molecule has 0 heterocycles. The number of benzene rings is 2. The monoisotopic (exact) mass is 422 g/mol. The van der Waals surface area contributed by atoms with Crippen LogP contribution in [0.4, 0.5) is 18.0 Å². The molecule has 0 unspecified atom stereocenters. The third-order valence-corrected chi connectivity index (χ3v) is 3.84. The summed E-state index contributed by atoms with van der Waals surface area (Å²) in [5, 5.41) is 5.22. The number of hydrogen-bond acceptors (Lipinski definition) is 4. The number of alkyl halides is 3. The molecule has 0 saturated heterocycles. The van der Waals surface area contributed by atoms with Crippen molar-refractivity contribution in [1.29, 1.82) is 0 Å². The first kappa shape index (κ1) is 22.7. The van der Waals surface area contributed by atoms with Crippen molar-refractivity contribution >= 4 is 6.03 Å². The van der Waals surface area contributed by atoms with Gasteiger partial charge in [-0.3, -0.25) is 0 Å². The first-order valence-electron chi connectivity index (χ1n) is 8.82. The van der Waals surface area contributed by atoms with E-state index < -0.39 is 17.8 Å². The number of ether oxygens (including phenoxy) is 3. The predicted octanol–water partition coefficient (Wildman–Crippen LogP) is 3.60. The van der Waals surface area contributed by atoms with Crippen molar-refractivity contribution in [3.63, 3.8) is 0 Å². The van der Waals surface area contributed by atoms with Crippen molar-refractivity contribution in [2.45, 2.75) is 12.7 Å². The third-order valence-electron chi connectivity index (χ3n) is 3.84. The normalized spacial score (nSPS) is 10.4. The Bertz CT molecular complexity index is 920. The van der Waals surface area contributed by atoms with E-state index in [9.17, 15) is 18.0 Å². The molecule has 30 heavy (non-hydrogen) atoms. The molecule has 9 heteroatoms. The molecule has 0 radical (unpaired) electrons. The Morgan fingerprint density at radius 3 is 2.47 bits per heavy atom. The Morgan fingerprint density at radius 1 is 1.00 bits per heavy atom. The first-order valence-corrected chi connectivity index (χ1v) is 8.82. The number of amides is 2. The standard InChI is InChI=1S/C21H21F3N2O4/c1-28-18-9-8-15(12-19(18)29-2)14-26-20(27)25-10-3-4-11-30-17-7-5-6-16(13-17)21(22,23)24/h5-9,12-13H,10-11,14H2,1-2H3,(H2,25,26,27). The Balaban J connectivity index is 1.71. The van der Waals surface area contributed by atoms with Gasteiger partial charge in [0, 0.05) is 6.54 Å². The van der Waals surface area contributed by atoms with E-state index in [0.717, 1.165) is 17.7 Å². The second kappa shape index (κ2) is 10.9. The van der Waals surface area contributed by atoms with Gasteiger partial charge >= 0.3 is 12.2 Å². The molecule has 0 spiro atoms. The summed E-state index contributed by atoms with van der Waals surface area (Å²) in [4.78, 5) is 11.8. The van der Waals surface area contributed by atoms with Crippen LogP contribution in [0.15, 0.2) is 42.5 Å². The van der Waals surface area contributed by atoms with Gasteiger partial charge in [0.2, 0.25) is 0 Å². The molecular weight excluding hydrogens is 401 g/mol. The minimum atomic E-state index is -4.43. The lowest BCUT2D eigenvalue weighted by Gasteiger charge is -2.10. The molecule has 160 valence electrons. The van der Waals surface area contributed by atoms with Crippen molar-refractivity contribution in [3.8, 4) is 29.1 Å². The molecule has 0 aliphatic heterocycles. The zero-order chi connectivity index (χ0) is 22.0. The summed E-state index contributed by atoms with van der Waals surface area (Å²) in [7, 11) is 3.06. The zero-order valence-electron chi connectivity index (χ0n) is 16.4. The maximum atomic E-state index is 12.6. The molecule has 0 fully saturated rings. The number of carbonyl (C=O) groups excluding carboxylic acids is 1. The second-order valence-electron chi connectivity index (χ2n) is 5.89. The van der Waals surface area contributed by atoms with Gasteiger partial charge in [0.05, 0.1) is 26.3 Å². The van der Waals surface area contributed by atoms with E-state index in [4.69, 9.17) is 14.2 Å². The molecule has 2 N–H and O–H groups in total. The molecule has 0 saturated carbocycles. The Labute approximate surface area is 172 Å². The average Bonchev–Trinajstić information content (AvgIpc) is 2.74. The Hall–Kier alpha value is -3.54. The molecular formula is C21H21F3N2O4. The van der Waals surface area contributed by atoms with Gasteiger partial charge in [-0.05, 0) is 35.9 Å². The number of carbonyl (C=O) groups is 1. The maximum Gasteiger partial charge on any atom is 0.416 e. The lowest BCUT2D eigenvalue weighted by molar-refractivity contribution is -0.137.